The fraction of sp³-hybridized carbons (Fsp3) is 0.625. The minimum Gasteiger partial charge on any atom is -0.373 e. The highest BCUT2D eigenvalue weighted by Gasteiger charge is 2.22. The number of epoxide rings is 1. The highest BCUT2D eigenvalue weighted by atomic mass is 16.6. The van der Waals surface area contributed by atoms with Crippen LogP contribution in [0.25, 0.3) is 0 Å². The van der Waals surface area contributed by atoms with Crippen LogP contribution in [0.2, 0.25) is 0 Å². The minimum absolute atomic E-state index is 0.163. The van der Waals surface area contributed by atoms with Gasteiger partial charge in [0, 0.05) is 6.42 Å². The van der Waals surface area contributed by atoms with Gasteiger partial charge in [0.05, 0.1) is 12.7 Å². The lowest BCUT2D eigenvalue weighted by atomic mass is 10.1. The van der Waals surface area contributed by atoms with E-state index in [1.165, 1.54) is 0 Å². The second kappa shape index (κ2) is 2.97. The van der Waals surface area contributed by atoms with Gasteiger partial charge in [-0.3, -0.25) is 4.79 Å². The molecule has 1 aliphatic heterocycles. The molecule has 0 amide bonds. The summed E-state index contributed by atoms with van der Waals surface area (Å²) in [5.41, 5.74) is 0.653. The lowest BCUT2D eigenvalue weighted by Crippen LogP contribution is -1.99. The summed E-state index contributed by atoms with van der Waals surface area (Å²) in [4.78, 5) is 10.9. The molecule has 2 heteroatoms. The topological polar surface area (TPSA) is 29.6 Å². The molecule has 0 radical (unpaired) electrons. The Balaban J connectivity index is 2.11. The molecule has 0 bridgehead atoms. The summed E-state index contributed by atoms with van der Waals surface area (Å²) >= 11 is 0. The van der Waals surface area contributed by atoms with E-state index in [-0.39, 0.29) is 5.78 Å². The van der Waals surface area contributed by atoms with E-state index in [0.29, 0.717) is 18.1 Å². The van der Waals surface area contributed by atoms with Gasteiger partial charge in [0.25, 0.3) is 0 Å². The molecule has 1 atom stereocenters. The number of hydrogen-bond acceptors (Lipinski definition) is 2. The predicted molar refractivity (Wildman–Crippen MR) is 38.8 cm³/mol. The van der Waals surface area contributed by atoms with Crippen molar-refractivity contribution in [2.75, 3.05) is 6.61 Å². The summed E-state index contributed by atoms with van der Waals surface area (Å²) in [6, 6.07) is 0. The van der Waals surface area contributed by atoms with Crippen molar-refractivity contribution in [1.82, 2.24) is 0 Å². The third-order valence-electron chi connectivity index (χ3n) is 1.57. The van der Waals surface area contributed by atoms with Crippen LogP contribution < -0.4 is 0 Å². The Hall–Kier alpha value is -0.630. The number of ketones is 1. The van der Waals surface area contributed by atoms with Gasteiger partial charge in [-0.05, 0) is 18.9 Å². The molecule has 1 unspecified atom stereocenters. The summed E-state index contributed by atoms with van der Waals surface area (Å²) in [6.07, 6.45) is 1.83. The molecule has 1 fully saturated rings. The van der Waals surface area contributed by atoms with Crippen LogP contribution in [0.4, 0.5) is 0 Å². The Bertz CT molecular complexity index is 157. The van der Waals surface area contributed by atoms with Crippen LogP contribution in [0.15, 0.2) is 12.2 Å². The van der Waals surface area contributed by atoms with E-state index in [4.69, 9.17) is 4.74 Å². The third kappa shape index (κ3) is 2.31. The Kier molecular flexibility index (Phi) is 2.22. The first-order chi connectivity index (χ1) is 4.70. The first-order valence-electron chi connectivity index (χ1n) is 3.50. The summed E-state index contributed by atoms with van der Waals surface area (Å²) in [5, 5.41) is 0. The highest BCUT2D eigenvalue weighted by Crippen LogP contribution is 2.16. The molecule has 1 heterocycles. The van der Waals surface area contributed by atoms with Crippen LogP contribution >= 0.6 is 0 Å². The summed E-state index contributed by atoms with van der Waals surface area (Å²) in [6.45, 7) is 6.15. The minimum atomic E-state index is 0.163. The van der Waals surface area contributed by atoms with E-state index in [0.717, 1.165) is 13.0 Å². The van der Waals surface area contributed by atoms with Crippen molar-refractivity contribution in [3.63, 3.8) is 0 Å². The van der Waals surface area contributed by atoms with Gasteiger partial charge in [0.15, 0.2) is 5.78 Å². The van der Waals surface area contributed by atoms with Crippen LogP contribution in [-0.4, -0.2) is 18.5 Å². The molecule has 0 aromatic heterocycles. The molecule has 0 aliphatic carbocycles. The predicted octanol–water partition coefficient (Wildman–Crippen LogP) is 1.31. The maximum atomic E-state index is 10.9. The van der Waals surface area contributed by atoms with Gasteiger partial charge in [-0.2, -0.15) is 0 Å². The Morgan fingerprint density at radius 2 is 2.40 bits per heavy atom. The maximum Gasteiger partial charge on any atom is 0.158 e. The molecule has 1 rings (SSSR count). The molecular weight excluding hydrogens is 128 g/mol. The molecule has 1 aliphatic rings. The molecule has 56 valence electrons. The number of hydrogen-bond donors (Lipinski definition) is 0. The Morgan fingerprint density at radius 3 is 2.80 bits per heavy atom. The zero-order valence-corrected chi connectivity index (χ0v) is 6.22. The second-order valence-electron chi connectivity index (χ2n) is 2.70. The molecule has 10 heavy (non-hydrogen) atoms. The number of carbonyl (C=O) groups excluding carboxylic acids is 1. The molecule has 0 aromatic rings. The first-order valence-corrected chi connectivity index (χ1v) is 3.50. The van der Waals surface area contributed by atoms with Crippen molar-refractivity contribution in [3.8, 4) is 0 Å². The SMILES string of the molecule is C=C(C)C(=O)CCC1CO1. The fourth-order valence-electron chi connectivity index (χ4n) is 0.740. The highest BCUT2D eigenvalue weighted by molar-refractivity contribution is 5.94. The lowest BCUT2D eigenvalue weighted by molar-refractivity contribution is -0.115. The van der Waals surface area contributed by atoms with Gasteiger partial charge >= 0.3 is 0 Å². The van der Waals surface area contributed by atoms with E-state index >= 15 is 0 Å². The van der Waals surface area contributed by atoms with Crippen molar-refractivity contribution < 1.29 is 9.53 Å². The molecular formula is C8H12O2. The maximum absolute atomic E-state index is 10.9. The molecule has 0 aromatic carbocycles. The monoisotopic (exact) mass is 140 g/mol. The van der Waals surface area contributed by atoms with Crippen LogP contribution in [0, 0.1) is 0 Å². The zero-order chi connectivity index (χ0) is 7.56. The van der Waals surface area contributed by atoms with Crippen molar-refractivity contribution >= 4 is 5.78 Å². The molecule has 2 nitrogen and oxygen atoms in total. The van der Waals surface area contributed by atoms with Crippen molar-refractivity contribution in [3.05, 3.63) is 12.2 Å². The van der Waals surface area contributed by atoms with E-state index < -0.39 is 0 Å². The first kappa shape index (κ1) is 7.48. The standard InChI is InChI=1S/C8H12O2/c1-6(2)8(9)4-3-7-5-10-7/h7H,1,3-5H2,2H3. The number of Topliss-reactive ketones (excluding diaryl/α,β-unsaturated/α-hetero) is 1. The second-order valence-corrected chi connectivity index (χ2v) is 2.70. The van der Waals surface area contributed by atoms with Crippen LogP contribution in [0.3, 0.4) is 0 Å². The van der Waals surface area contributed by atoms with E-state index in [2.05, 4.69) is 6.58 Å². The van der Waals surface area contributed by atoms with E-state index in [1.807, 2.05) is 0 Å². The summed E-state index contributed by atoms with van der Waals surface area (Å²) < 4.78 is 4.96. The zero-order valence-electron chi connectivity index (χ0n) is 6.22. The summed E-state index contributed by atoms with van der Waals surface area (Å²) in [7, 11) is 0. The normalized spacial score (nSPS) is 22.3. The van der Waals surface area contributed by atoms with Crippen molar-refractivity contribution in [2.24, 2.45) is 0 Å². The van der Waals surface area contributed by atoms with Gasteiger partial charge < -0.3 is 4.74 Å². The van der Waals surface area contributed by atoms with Gasteiger partial charge in [0.1, 0.15) is 0 Å². The van der Waals surface area contributed by atoms with Crippen molar-refractivity contribution in [2.45, 2.75) is 25.9 Å². The average molecular weight is 140 g/mol. The van der Waals surface area contributed by atoms with Gasteiger partial charge in [-0.25, -0.2) is 0 Å². The third-order valence-corrected chi connectivity index (χ3v) is 1.57. The number of allylic oxidation sites excluding steroid dienone is 1. The van der Waals surface area contributed by atoms with Gasteiger partial charge in [-0.1, -0.05) is 6.58 Å². The number of carbonyl (C=O) groups is 1. The Morgan fingerprint density at radius 1 is 1.80 bits per heavy atom. The molecule has 0 N–H and O–H groups in total. The van der Waals surface area contributed by atoms with Crippen molar-refractivity contribution in [1.29, 1.82) is 0 Å². The number of ether oxygens (including phenoxy) is 1. The van der Waals surface area contributed by atoms with E-state index in [1.54, 1.807) is 6.92 Å². The lowest BCUT2D eigenvalue weighted by Gasteiger charge is -1.94. The van der Waals surface area contributed by atoms with Crippen LogP contribution in [-0.2, 0) is 9.53 Å². The van der Waals surface area contributed by atoms with Gasteiger partial charge in [-0.15, -0.1) is 0 Å². The number of rotatable bonds is 4. The average Bonchev–Trinajstić information content (AvgIpc) is 2.64. The summed E-state index contributed by atoms with van der Waals surface area (Å²) in [5.74, 6) is 0.163. The van der Waals surface area contributed by atoms with Gasteiger partial charge in [0.2, 0.25) is 0 Å². The van der Waals surface area contributed by atoms with E-state index in [9.17, 15) is 4.79 Å². The fourth-order valence-corrected chi connectivity index (χ4v) is 0.740. The van der Waals surface area contributed by atoms with Crippen LogP contribution in [0.5, 0.6) is 0 Å². The Labute approximate surface area is 60.9 Å². The smallest absolute Gasteiger partial charge is 0.158 e. The molecule has 0 spiro atoms. The van der Waals surface area contributed by atoms with Crippen LogP contribution in [0.1, 0.15) is 19.8 Å². The molecule has 1 saturated heterocycles. The molecule has 0 saturated carbocycles. The quantitative estimate of drug-likeness (QED) is 0.435. The largest absolute Gasteiger partial charge is 0.373 e.